The molecular weight excluding hydrogens is 282 g/mol. The predicted octanol–water partition coefficient (Wildman–Crippen LogP) is 2.33. The fraction of sp³-hybridized carbons (Fsp3) is 0.235. The number of rotatable bonds is 6. The summed E-state index contributed by atoms with van der Waals surface area (Å²) in [4.78, 5) is 10.9. The molecule has 0 spiro atoms. The van der Waals surface area contributed by atoms with E-state index in [0.717, 1.165) is 11.1 Å². The number of carbonyl (C=O) groups is 1. The topological polar surface area (TPSA) is 81.8 Å². The van der Waals surface area contributed by atoms with Crippen LogP contribution in [-0.4, -0.2) is 31.3 Å². The first kappa shape index (κ1) is 15.9. The van der Waals surface area contributed by atoms with Crippen molar-refractivity contribution in [3.63, 3.8) is 0 Å². The van der Waals surface area contributed by atoms with Gasteiger partial charge in [-0.1, -0.05) is 30.3 Å². The largest absolute Gasteiger partial charge is 0.496 e. The molecule has 5 heteroatoms. The third kappa shape index (κ3) is 3.38. The quantitative estimate of drug-likeness (QED) is 0.855. The molecule has 1 unspecified atom stereocenters. The second-order valence-electron chi connectivity index (χ2n) is 4.88. The molecule has 0 heterocycles. The van der Waals surface area contributed by atoms with Gasteiger partial charge in [-0.15, -0.1) is 0 Å². The summed E-state index contributed by atoms with van der Waals surface area (Å²) in [5.74, 6) is 0.198. The van der Waals surface area contributed by atoms with E-state index >= 15 is 0 Å². The molecule has 2 aromatic carbocycles. The Kier molecular flexibility index (Phi) is 5.01. The van der Waals surface area contributed by atoms with Crippen LogP contribution < -0.4 is 15.2 Å². The second kappa shape index (κ2) is 6.95. The molecular formula is C17H19NO4. The molecule has 0 aromatic heterocycles. The number of methoxy groups -OCH3 is 2. The van der Waals surface area contributed by atoms with Crippen LogP contribution in [0.2, 0.25) is 0 Å². The van der Waals surface area contributed by atoms with Crippen LogP contribution in [0.15, 0.2) is 42.5 Å². The summed E-state index contributed by atoms with van der Waals surface area (Å²) in [5, 5.41) is 8.97. The minimum atomic E-state index is -1.05. The molecule has 0 aliphatic heterocycles. The van der Waals surface area contributed by atoms with Gasteiger partial charge in [0, 0.05) is 12.0 Å². The van der Waals surface area contributed by atoms with Crippen LogP contribution >= 0.6 is 0 Å². The zero-order chi connectivity index (χ0) is 16.1. The van der Waals surface area contributed by atoms with Crippen molar-refractivity contribution in [2.24, 2.45) is 5.73 Å². The highest BCUT2D eigenvalue weighted by Gasteiger charge is 2.18. The molecule has 0 aliphatic carbocycles. The lowest BCUT2D eigenvalue weighted by atomic mass is 9.98. The van der Waals surface area contributed by atoms with Gasteiger partial charge in [-0.25, -0.2) is 0 Å². The van der Waals surface area contributed by atoms with E-state index in [9.17, 15) is 4.79 Å². The first-order chi connectivity index (χ1) is 10.6. The van der Waals surface area contributed by atoms with Crippen molar-refractivity contribution in [1.82, 2.24) is 0 Å². The monoisotopic (exact) mass is 301 g/mol. The van der Waals surface area contributed by atoms with Gasteiger partial charge in [-0.3, -0.25) is 4.79 Å². The van der Waals surface area contributed by atoms with E-state index in [1.807, 2.05) is 36.4 Å². The number of hydrogen-bond acceptors (Lipinski definition) is 4. The zero-order valence-electron chi connectivity index (χ0n) is 12.6. The van der Waals surface area contributed by atoms with Gasteiger partial charge in [0.25, 0.3) is 0 Å². The number of benzene rings is 2. The van der Waals surface area contributed by atoms with E-state index in [0.29, 0.717) is 17.1 Å². The smallest absolute Gasteiger partial charge is 0.320 e. The van der Waals surface area contributed by atoms with Crippen molar-refractivity contribution in [2.45, 2.75) is 12.5 Å². The highest BCUT2D eigenvalue weighted by molar-refractivity contribution is 5.75. The van der Waals surface area contributed by atoms with Crippen molar-refractivity contribution in [3.05, 3.63) is 48.0 Å². The van der Waals surface area contributed by atoms with Gasteiger partial charge in [-0.05, 0) is 23.3 Å². The SMILES string of the molecule is COc1cc(-c2ccccc2)c(OC)cc1CC(N)C(=O)O. The Morgan fingerprint density at radius 3 is 2.32 bits per heavy atom. The maximum atomic E-state index is 10.9. The highest BCUT2D eigenvalue weighted by Crippen LogP contribution is 2.36. The van der Waals surface area contributed by atoms with Gasteiger partial charge < -0.3 is 20.3 Å². The fourth-order valence-corrected chi connectivity index (χ4v) is 2.29. The molecule has 2 rings (SSSR count). The van der Waals surface area contributed by atoms with Gasteiger partial charge in [-0.2, -0.15) is 0 Å². The number of carboxylic acids is 1. The van der Waals surface area contributed by atoms with Crippen LogP contribution in [0.1, 0.15) is 5.56 Å². The summed E-state index contributed by atoms with van der Waals surface area (Å²) in [7, 11) is 3.13. The van der Waals surface area contributed by atoms with Crippen LogP contribution in [0.3, 0.4) is 0 Å². The molecule has 1 atom stereocenters. The molecule has 5 nitrogen and oxygen atoms in total. The van der Waals surface area contributed by atoms with Crippen molar-refractivity contribution < 1.29 is 19.4 Å². The van der Waals surface area contributed by atoms with Crippen molar-refractivity contribution in [3.8, 4) is 22.6 Å². The molecule has 3 N–H and O–H groups in total. The van der Waals surface area contributed by atoms with E-state index in [-0.39, 0.29) is 6.42 Å². The summed E-state index contributed by atoms with van der Waals surface area (Å²) in [6.07, 6.45) is 0.171. The molecule has 0 fully saturated rings. The summed E-state index contributed by atoms with van der Waals surface area (Å²) < 4.78 is 10.8. The molecule has 2 aromatic rings. The molecule has 0 saturated carbocycles. The number of carboxylic acid groups (broad SMARTS) is 1. The maximum absolute atomic E-state index is 10.9. The Hall–Kier alpha value is -2.53. The van der Waals surface area contributed by atoms with E-state index in [1.54, 1.807) is 20.3 Å². The lowest BCUT2D eigenvalue weighted by molar-refractivity contribution is -0.138. The minimum Gasteiger partial charge on any atom is -0.496 e. The number of aliphatic carboxylic acids is 1. The molecule has 116 valence electrons. The molecule has 0 amide bonds. The average Bonchev–Trinajstić information content (AvgIpc) is 2.55. The number of nitrogens with two attached hydrogens (primary N) is 1. The maximum Gasteiger partial charge on any atom is 0.320 e. The second-order valence-corrected chi connectivity index (χ2v) is 4.88. The Labute approximate surface area is 129 Å². The normalized spacial score (nSPS) is 11.8. The molecule has 0 bridgehead atoms. The van der Waals surface area contributed by atoms with Crippen LogP contribution in [0, 0.1) is 0 Å². The molecule has 0 saturated heterocycles. The van der Waals surface area contributed by atoms with E-state index < -0.39 is 12.0 Å². The van der Waals surface area contributed by atoms with Crippen LogP contribution in [0.5, 0.6) is 11.5 Å². The van der Waals surface area contributed by atoms with E-state index in [2.05, 4.69) is 0 Å². The summed E-state index contributed by atoms with van der Waals surface area (Å²) in [6.45, 7) is 0. The Morgan fingerprint density at radius 2 is 1.77 bits per heavy atom. The Balaban J connectivity index is 2.48. The first-order valence-electron chi connectivity index (χ1n) is 6.85. The predicted molar refractivity (Wildman–Crippen MR) is 84.3 cm³/mol. The van der Waals surface area contributed by atoms with Crippen molar-refractivity contribution in [2.75, 3.05) is 14.2 Å². The third-order valence-electron chi connectivity index (χ3n) is 3.44. The first-order valence-corrected chi connectivity index (χ1v) is 6.85. The number of ether oxygens (including phenoxy) is 2. The van der Waals surface area contributed by atoms with Gasteiger partial charge >= 0.3 is 5.97 Å². The third-order valence-corrected chi connectivity index (χ3v) is 3.44. The van der Waals surface area contributed by atoms with Crippen molar-refractivity contribution >= 4 is 5.97 Å². The molecule has 22 heavy (non-hydrogen) atoms. The number of hydrogen-bond donors (Lipinski definition) is 2. The summed E-state index contributed by atoms with van der Waals surface area (Å²) in [6, 6.07) is 12.4. The minimum absolute atomic E-state index is 0.171. The van der Waals surface area contributed by atoms with Gasteiger partial charge in [0.2, 0.25) is 0 Å². The molecule has 0 aliphatic rings. The van der Waals surface area contributed by atoms with Gasteiger partial charge in [0.05, 0.1) is 14.2 Å². The lowest BCUT2D eigenvalue weighted by Crippen LogP contribution is -2.32. The van der Waals surface area contributed by atoms with Crippen LogP contribution in [0.4, 0.5) is 0 Å². The summed E-state index contributed by atoms with van der Waals surface area (Å²) >= 11 is 0. The lowest BCUT2D eigenvalue weighted by Gasteiger charge is -2.16. The average molecular weight is 301 g/mol. The Bertz CT molecular complexity index is 655. The van der Waals surface area contributed by atoms with Crippen LogP contribution in [-0.2, 0) is 11.2 Å². The van der Waals surface area contributed by atoms with Crippen LogP contribution in [0.25, 0.3) is 11.1 Å². The van der Waals surface area contributed by atoms with Gasteiger partial charge in [0.15, 0.2) is 0 Å². The van der Waals surface area contributed by atoms with Crippen molar-refractivity contribution in [1.29, 1.82) is 0 Å². The van der Waals surface area contributed by atoms with E-state index in [1.165, 1.54) is 0 Å². The highest BCUT2D eigenvalue weighted by atomic mass is 16.5. The zero-order valence-corrected chi connectivity index (χ0v) is 12.6. The Morgan fingerprint density at radius 1 is 1.14 bits per heavy atom. The molecule has 0 radical (unpaired) electrons. The standard InChI is InChI=1S/C17H19NO4/c1-21-15-10-13(11-6-4-3-5-7-11)16(22-2)9-12(15)8-14(18)17(19)20/h3-7,9-10,14H,8,18H2,1-2H3,(H,19,20). The summed E-state index contributed by atoms with van der Waals surface area (Å²) in [5.41, 5.74) is 8.19. The van der Waals surface area contributed by atoms with E-state index in [4.69, 9.17) is 20.3 Å². The van der Waals surface area contributed by atoms with Gasteiger partial charge in [0.1, 0.15) is 17.5 Å². The fourth-order valence-electron chi connectivity index (χ4n) is 2.29.